The highest BCUT2D eigenvalue weighted by atomic mass is 16.6. The van der Waals surface area contributed by atoms with E-state index in [2.05, 4.69) is 10.6 Å². The first-order valence-electron chi connectivity index (χ1n) is 8.50. The Morgan fingerprint density at radius 2 is 2.12 bits per heavy atom. The molecule has 1 aromatic rings. The van der Waals surface area contributed by atoms with E-state index in [0.29, 0.717) is 6.61 Å². The fraction of sp³-hybridized carbons (Fsp3) is 0.588. The Labute approximate surface area is 152 Å². The molecule has 144 valence electrons. The second-order valence-electron chi connectivity index (χ2n) is 6.08. The van der Waals surface area contributed by atoms with Crippen LogP contribution in [-0.4, -0.2) is 56.9 Å². The lowest BCUT2D eigenvalue weighted by atomic mass is 9.99. The zero-order valence-electron chi connectivity index (χ0n) is 15.2. The number of piperidine rings is 1. The minimum atomic E-state index is -0.597. The fourth-order valence-electron chi connectivity index (χ4n) is 2.88. The van der Waals surface area contributed by atoms with Crippen LogP contribution in [0.4, 0.5) is 5.69 Å². The second-order valence-corrected chi connectivity index (χ2v) is 6.08. The van der Waals surface area contributed by atoms with Gasteiger partial charge in [-0.05, 0) is 26.3 Å². The summed E-state index contributed by atoms with van der Waals surface area (Å²) in [5.41, 5.74) is -0.379. The molecule has 1 aliphatic rings. The number of nitrogens with one attached hydrogen (secondary N) is 2. The number of hydrogen-bond acceptors (Lipinski definition) is 7. The van der Waals surface area contributed by atoms with Gasteiger partial charge in [0, 0.05) is 25.3 Å². The summed E-state index contributed by atoms with van der Waals surface area (Å²) in [7, 11) is 2.94. The van der Waals surface area contributed by atoms with Crippen molar-refractivity contribution in [1.82, 2.24) is 10.6 Å². The van der Waals surface area contributed by atoms with Crippen molar-refractivity contribution in [2.24, 2.45) is 0 Å². The van der Waals surface area contributed by atoms with Crippen LogP contribution in [0.1, 0.15) is 30.1 Å². The number of benzene rings is 1. The van der Waals surface area contributed by atoms with Gasteiger partial charge in [-0.15, -0.1) is 0 Å². The van der Waals surface area contributed by atoms with Crippen molar-refractivity contribution in [1.29, 1.82) is 0 Å². The van der Waals surface area contributed by atoms with Crippen molar-refractivity contribution in [2.75, 3.05) is 34.0 Å². The predicted octanol–water partition coefficient (Wildman–Crippen LogP) is 1.50. The smallest absolute Gasteiger partial charge is 0.286 e. The van der Waals surface area contributed by atoms with Crippen molar-refractivity contribution >= 4 is 11.6 Å². The molecule has 1 heterocycles. The van der Waals surface area contributed by atoms with Gasteiger partial charge in [-0.3, -0.25) is 14.9 Å². The van der Waals surface area contributed by atoms with E-state index < -0.39 is 10.8 Å². The van der Waals surface area contributed by atoms with Gasteiger partial charge in [-0.25, -0.2) is 0 Å². The first-order valence-corrected chi connectivity index (χ1v) is 8.50. The lowest BCUT2D eigenvalue weighted by molar-refractivity contribution is -0.385. The van der Waals surface area contributed by atoms with E-state index in [4.69, 9.17) is 14.2 Å². The van der Waals surface area contributed by atoms with Crippen LogP contribution in [0.3, 0.4) is 0 Å². The van der Waals surface area contributed by atoms with E-state index in [1.54, 1.807) is 0 Å². The maximum atomic E-state index is 12.7. The first kappa shape index (κ1) is 19.9. The van der Waals surface area contributed by atoms with Crippen LogP contribution >= 0.6 is 0 Å². The van der Waals surface area contributed by atoms with Crippen molar-refractivity contribution in [3.63, 3.8) is 0 Å². The lowest BCUT2D eigenvalue weighted by Crippen LogP contribution is -2.51. The van der Waals surface area contributed by atoms with Gasteiger partial charge < -0.3 is 24.8 Å². The Bertz CT molecular complexity index is 652. The summed E-state index contributed by atoms with van der Waals surface area (Å²) in [6.45, 7) is 3.41. The molecule has 2 unspecified atom stereocenters. The Kier molecular flexibility index (Phi) is 7.16. The van der Waals surface area contributed by atoms with Crippen LogP contribution in [0.2, 0.25) is 0 Å². The highest BCUT2D eigenvalue weighted by Gasteiger charge is 2.28. The van der Waals surface area contributed by atoms with Crippen molar-refractivity contribution < 1.29 is 23.9 Å². The fourth-order valence-corrected chi connectivity index (χ4v) is 2.88. The average Bonchev–Trinajstić information content (AvgIpc) is 2.63. The number of hydrogen-bond donors (Lipinski definition) is 2. The third-order valence-corrected chi connectivity index (χ3v) is 4.35. The largest absolute Gasteiger partial charge is 0.493 e. The topological polar surface area (TPSA) is 112 Å². The Hall–Kier alpha value is -2.39. The van der Waals surface area contributed by atoms with E-state index >= 15 is 0 Å². The molecule has 9 heteroatoms. The summed E-state index contributed by atoms with van der Waals surface area (Å²) in [5.74, 6) is -0.0498. The van der Waals surface area contributed by atoms with Gasteiger partial charge in [0.25, 0.3) is 11.6 Å². The summed E-state index contributed by atoms with van der Waals surface area (Å²) in [4.78, 5) is 23.5. The predicted molar refractivity (Wildman–Crippen MR) is 95.0 cm³/mol. The Morgan fingerprint density at radius 1 is 1.35 bits per heavy atom. The third kappa shape index (κ3) is 4.83. The van der Waals surface area contributed by atoms with E-state index in [-0.39, 0.29) is 41.4 Å². The molecule has 2 atom stereocenters. The van der Waals surface area contributed by atoms with E-state index in [1.165, 1.54) is 26.4 Å². The molecule has 0 saturated carbocycles. The number of methoxy groups -OCH3 is 2. The summed E-state index contributed by atoms with van der Waals surface area (Å²) in [5, 5.41) is 17.6. The molecule has 1 saturated heterocycles. The van der Waals surface area contributed by atoms with E-state index in [1.807, 2.05) is 6.92 Å². The number of nitro groups is 1. The molecule has 0 spiro atoms. The molecule has 0 aromatic heterocycles. The Morgan fingerprint density at radius 3 is 2.73 bits per heavy atom. The van der Waals surface area contributed by atoms with Crippen LogP contribution in [0.5, 0.6) is 11.5 Å². The molecule has 9 nitrogen and oxygen atoms in total. The SMILES string of the molecule is COCCOc1cc([N+](=O)[O-])c(C(=O)NC2CCCNC2C)cc1OC. The summed E-state index contributed by atoms with van der Waals surface area (Å²) in [6, 6.07) is 2.58. The van der Waals surface area contributed by atoms with Crippen LogP contribution in [0.25, 0.3) is 0 Å². The van der Waals surface area contributed by atoms with Crippen molar-refractivity contribution in [3.05, 3.63) is 27.8 Å². The molecular weight excluding hydrogens is 342 g/mol. The minimum absolute atomic E-state index is 0.0521. The normalized spacial score (nSPS) is 19.7. The number of nitro benzene ring substituents is 1. The molecule has 0 bridgehead atoms. The average molecular weight is 367 g/mol. The highest BCUT2D eigenvalue weighted by Crippen LogP contribution is 2.35. The van der Waals surface area contributed by atoms with Gasteiger partial charge in [0.2, 0.25) is 0 Å². The molecule has 0 aliphatic carbocycles. The summed E-state index contributed by atoms with van der Waals surface area (Å²) < 4.78 is 15.6. The second kappa shape index (κ2) is 9.35. The van der Waals surface area contributed by atoms with E-state index in [0.717, 1.165) is 19.4 Å². The first-order chi connectivity index (χ1) is 12.5. The number of carbonyl (C=O) groups excluding carboxylic acids is 1. The molecular formula is C17H25N3O6. The van der Waals surface area contributed by atoms with Crippen molar-refractivity contribution in [2.45, 2.75) is 31.8 Å². The van der Waals surface area contributed by atoms with Crippen molar-refractivity contribution in [3.8, 4) is 11.5 Å². The number of nitrogens with zero attached hydrogens (tertiary/aromatic N) is 1. The highest BCUT2D eigenvalue weighted by molar-refractivity contribution is 5.99. The van der Waals surface area contributed by atoms with Crippen LogP contribution < -0.4 is 20.1 Å². The maximum Gasteiger partial charge on any atom is 0.286 e. The zero-order chi connectivity index (χ0) is 19.1. The van der Waals surface area contributed by atoms with Gasteiger partial charge in [0.1, 0.15) is 12.2 Å². The Balaban J connectivity index is 2.27. The zero-order valence-corrected chi connectivity index (χ0v) is 15.2. The molecule has 2 rings (SSSR count). The maximum absolute atomic E-state index is 12.7. The minimum Gasteiger partial charge on any atom is -0.493 e. The number of rotatable bonds is 8. The molecule has 1 fully saturated rings. The molecule has 2 N–H and O–H groups in total. The van der Waals surface area contributed by atoms with Gasteiger partial charge in [0.05, 0.1) is 24.7 Å². The third-order valence-electron chi connectivity index (χ3n) is 4.35. The molecule has 26 heavy (non-hydrogen) atoms. The van der Waals surface area contributed by atoms with Gasteiger partial charge in [-0.1, -0.05) is 0 Å². The standard InChI is InChI=1S/C17H25N3O6/c1-11-13(5-4-6-18-11)19-17(21)12-9-15(25-3)16(26-8-7-24-2)10-14(12)20(22)23/h9-11,13,18H,4-8H2,1-3H3,(H,19,21). The lowest BCUT2D eigenvalue weighted by Gasteiger charge is -2.30. The summed E-state index contributed by atoms with van der Waals surface area (Å²) >= 11 is 0. The number of amides is 1. The monoisotopic (exact) mass is 367 g/mol. The molecule has 1 amide bonds. The van der Waals surface area contributed by atoms with E-state index in [9.17, 15) is 14.9 Å². The molecule has 0 radical (unpaired) electrons. The van der Waals surface area contributed by atoms with Crippen LogP contribution in [0, 0.1) is 10.1 Å². The number of ether oxygens (including phenoxy) is 3. The molecule has 1 aliphatic heterocycles. The van der Waals surface area contributed by atoms with Gasteiger partial charge in [0.15, 0.2) is 11.5 Å². The van der Waals surface area contributed by atoms with Crippen LogP contribution in [0.15, 0.2) is 12.1 Å². The summed E-state index contributed by atoms with van der Waals surface area (Å²) in [6.07, 6.45) is 1.76. The number of carbonyl (C=O) groups is 1. The van der Waals surface area contributed by atoms with Gasteiger partial charge >= 0.3 is 0 Å². The van der Waals surface area contributed by atoms with Crippen LogP contribution in [-0.2, 0) is 4.74 Å². The quantitative estimate of drug-likeness (QED) is 0.407. The van der Waals surface area contributed by atoms with Gasteiger partial charge in [-0.2, -0.15) is 0 Å². The molecule has 1 aromatic carbocycles.